The summed E-state index contributed by atoms with van der Waals surface area (Å²) in [5.74, 6) is -3.35. The van der Waals surface area contributed by atoms with E-state index in [-0.39, 0.29) is 5.56 Å². The lowest BCUT2D eigenvalue weighted by atomic mass is 10.2. The summed E-state index contributed by atoms with van der Waals surface area (Å²) in [6, 6.07) is 2.09. The molecule has 96 valence electrons. The van der Waals surface area contributed by atoms with Gasteiger partial charge in [0.05, 0.1) is 5.69 Å². The van der Waals surface area contributed by atoms with Crippen LogP contribution in [0.5, 0.6) is 0 Å². The predicted molar refractivity (Wildman–Crippen MR) is 66.5 cm³/mol. The van der Waals surface area contributed by atoms with E-state index >= 15 is 0 Å². The molecular weight excluding hydrogens is 283 g/mol. The molecule has 0 saturated carbocycles. The summed E-state index contributed by atoms with van der Waals surface area (Å²) in [4.78, 5) is 4.18. The Hall–Kier alpha value is -1.07. The maximum Gasteiger partial charge on any atom is 0.195 e. The fraction of sp³-hybridized carbons (Fsp3) is 0.250. The molecule has 1 aromatic carbocycles. The van der Waals surface area contributed by atoms with Gasteiger partial charge in [-0.15, -0.1) is 22.9 Å². The first-order valence-electron chi connectivity index (χ1n) is 5.27. The van der Waals surface area contributed by atoms with Crippen LogP contribution in [0.1, 0.15) is 12.1 Å². The molecule has 2 aromatic rings. The van der Waals surface area contributed by atoms with E-state index in [0.29, 0.717) is 17.3 Å². The minimum atomic E-state index is -1.47. The highest BCUT2D eigenvalue weighted by molar-refractivity contribution is 7.13. The Morgan fingerprint density at radius 3 is 2.67 bits per heavy atom. The first-order chi connectivity index (χ1) is 8.63. The fourth-order valence-corrected chi connectivity index (χ4v) is 2.49. The van der Waals surface area contributed by atoms with Gasteiger partial charge in [0.1, 0.15) is 5.01 Å². The molecule has 0 saturated heterocycles. The van der Waals surface area contributed by atoms with E-state index in [0.717, 1.165) is 18.2 Å². The van der Waals surface area contributed by atoms with Gasteiger partial charge in [0.15, 0.2) is 17.5 Å². The van der Waals surface area contributed by atoms with Crippen molar-refractivity contribution in [2.45, 2.75) is 12.8 Å². The highest BCUT2D eigenvalue weighted by atomic mass is 35.5. The van der Waals surface area contributed by atoms with Gasteiger partial charge in [-0.25, -0.2) is 18.2 Å². The van der Waals surface area contributed by atoms with Gasteiger partial charge in [-0.3, -0.25) is 0 Å². The van der Waals surface area contributed by atoms with Crippen LogP contribution in [-0.4, -0.2) is 10.9 Å². The molecule has 1 heterocycles. The topological polar surface area (TPSA) is 12.9 Å². The number of alkyl halides is 1. The minimum absolute atomic E-state index is 0.0176. The van der Waals surface area contributed by atoms with Gasteiger partial charge in [-0.05, 0) is 25.0 Å². The molecule has 2 rings (SSSR count). The summed E-state index contributed by atoms with van der Waals surface area (Å²) in [5.41, 5.74) is 0.760. The zero-order chi connectivity index (χ0) is 13.1. The van der Waals surface area contributed by atoms with Crippen molar-refractivity contribution in [3.05, 3.63) is 40.7 Å². The normalized spacial score (nSPS) is 10.9. The SMILES string of the molecule is Fc1ccc(-c2nc(CCCCl)cs2)c(F)c1F. The number of benzene rings is 1. The van der Waals surface area contributed by atoms with Gasteiger partial charge in [0.2, 0.25) is 0 Å². The van der Waals surface area contributed by atoms with Crippen LogP contribution in [-0.2, 0) is 6.42 Å². The summed E-state index contributed by atoms with van der Waals surface area (Å²) in [5, 5.41) is 2.11. The standard InChI is InChI=1S/C12H9ClF3NS/c13-5-1-2-7-6-18-12(17-7)8-3-4-9(14)11(16)10(8)15/h3-4,6H,1-2,5H2. The van der Waals surface area contributed by atoms with Crippen molar-refractivity contribution in [3.63, 3.8) is 0 Å². The molecule has 1 aromatic heterocycles. The maximum absolute atomic E-state index is 13.5. The molecule has 0 spiro atoms. The second-order valence-electron chi connectivity index (χ2n) is 3.66. The van der Waals surface area contributed by atoms with Crippen LogP contribution in [0.2, 0.25) is 0 Å². The number of rotatable bonds is 4. The number of thiazole rings is 1. The maximum atomic E-state index is 13.5. The van der Waals surface area contributed by atoms with Crippen LogP contribution in [0.25, 0.3) is 10.6 Å². The highest BCUT2D eigenvalue weighted by Crippen LogP contribution is 2.28. The van der Waals surface area contributed by atoms with Crippen molar-refractivity contribution < 1.29 is 13.2 Å². The van der Waals surface area contributed by atoms with E-state index in [1.165, 1.54) is 17.4 Å². The number of aryl methyl sites for hydroxylation is 1. The Morgan fingerprint density at radius 2 is 1.94 bits per heavy atom. The van der Waals surface area contributed by atoms with Crippen molar-refractivity contribution in [1.82, 2.24) is 4.98 Å². The van der Waals surface area contributed by atoms with E-state index < -0.39 is 17.5 Å². The van der Waals surface area contributed by atoms with Gasteiger partial charge < -0.3 is 0 Å². The predicted octanol–water partition coefficient (Wildman–Crippen LogP) is 4.40. The average molecular weight is 292 g/mol. The Bertz CT molecular complexity index is 556. The van der Waals surface area contributed by atoms with Gasteiger partial charge in [-0.2, -0.15) is 0 Å². The lowest BCUT2D eigenvalue weighted by Gasteiger charge is -2.00. The van der Waals surface area contributed by atoms with Crippen LogP contribution in [0.3, 0.4) is 0 Å². The molecule has 0 unspecified atom stereocenters. The number of hydrogen-bond donors (Lipinski definition) is 0. The van der Waals surface area contributed by atoms with E-state index in [1.807, 2.05) is 0 Å². The molecule has 0 bridgehead atoms. The molecule has 0 atom stereocenters. The Balaban J connectivity index is 2.31. The van der Waals surface area contributed by atoms with Gasteiger partial charge in [0.25, 0.3) is 0 Å². The van der Waals surface area contributed by atoms with Crippen molar-refractivity contribution >= 4 is 22.9 Å². The van der Waals surface area contributed by atoms with E-state index in [2.05, 4.69) is 4.98 Å². The molecule has 1 nitrogen and oxygen atoms in total. The minimum Gasteiger partial charge on any atom is -0.241 e. The van der Waals surface area contributed by atoms with Crippen LogP contribution in [0.15, 0.2) is 17.5 Å². The second-order valence-corrected chi connectivity index (χ2v) is 4.90. The van der Waals surface area contributed by atoms with Crippen LogP contribution < -0.4 is 0 Å². The lowest BCUT2D eigenvalue weighted by Crippen LogP contribution is -1.94. The summed E-state index contributed by atoms with van der Waals surface area (Å²) in [6.07, 6.45) is 1.45. The molecule has 0 aliphatic rings. The van der Waals surface area contributed by atoms with Crippen molar-refractivity contribution in [2.75, 3.05) is 5.88 Å². The Labute approximate surface area is 111 Å². The molecule has 0 aliphatic carbocycles. The zero-order valence-electron chi connectivity index (χ0n) is 9.22. The van der Waals surface area contributed by atoms with Gasteiger partial charge in [0, 0.05) is 16.8 Å². The van der Waals surface area contributed by atoms with Crippen LogP contribution in [0.4, 0.5) is 13.2 Å². The molecule has 0 amide bonds. The van der Waals surface area contributed by atoms with Crippen molar-refractivity contribution in [1.29, 1.82) is 0 Å². The summed E-state index contributed by atoms with van der Waals surface area (Å²) in [6.45, 7) is 0. The monoisotopic (exact) mass is 291 g/mol. The summed E-state index contributed by atoms with van der Waals surface area (Å²) >= 11 is 6.76. The Morgan fingerprint density at radius 1 is 1.17 bits per heavy atom. The quantitative estimate of drug-likeness (QED) is 0.601. The summed E-state index contributed by atoms with van der Waals surface area (Å²) < 4.78 is 39.4. The largest absolute Gasteiger partial charge is 0.241 e. The number of nitrogens with zero attached hydrogens (tertiary/aromatic N) is 1. The molecular formula is C12H9ClF3NS. The van der Waals surface area contributed by atoms with Gasteiger partial charge >= 0.3 is 0 Å². The third kappa shape index (κ3) is 2.67. The lowest BCUT2D eigenvalue weighted by molar-refractivity contribution is 0.449. The summed E-state index contributed by atoms with van der Waals surface area (Å²) in [7, 11) is 0. The molecule has 18 heavy (non-hydrogen) atoms. The van der Waals surface area contributed by atoms with Crippen LogP contribution in [0, 0.1) is 17.5 Å². The van der Waals surface area contributed by atoms with Crippen molar-refractivity contribution in [2.24, 2.45) is 0 Å². The highest BCUT2D eigenvalue weighted by Gasteiger charge is 2.16. The molecule has 6 heteroatoms. The van der Waals surface area contributed by atoms with E-state index in [1.54, 1.807) is 5.38 Å². The number of halogens is 4. The molecule has 0 N–H and O–H groups in total. The smallest absolute Gasteiger partial charge is 0.195 e. The average Bonchev–Trinajstić information content (AvgIpc) is 2.82. The first kappa shape index (κ1) is 13.4. The zero-order valence-corrected chi connectivity index (χ0v) is 10.8. The Kier molecular flexibility index (Phi) is 4.24. The molecule has 0 fully saturated rings. The number of hydrogen-bond acceptors (Lipinski definition) is 2. The number of aromatic nitrogens is 1. The molecule has 0 aliphatic heterocycles. The third-order valence-corrected chi connectivity index (χ3v) is 3.58. The van der Waals surface area contributed by atoms with Gasteiger partial charge in [-0.1, -0.05) is 0 Å². The molecule has 0 radical (unpaired) electrons. The van der Waals surface area contributed by atoms with Crippen LogP contribution >= 0.6 is 22.9 Å². The van der Waals surface area contributed by atoms with E-state index in [4.69, 9.17) is 11.6 Å². The first-order valence-corrected chi connectivity index (χ1v) is 6.69. The van der Waals surface area contributed by atoms with E-state index in [9.17, 15) is 13.2 Å². The second kappa shape index (κ2) is 5.71. The fourth-order valence-electron chi connectivity index (χ4n) is 1.48. The van der Waals surface area contributed by atoms with Crippen molar-refractivity contribution in [3.8, 4) is 10.6 Å². The third-order valence-electron chi connectivity index (χ3n) is 2.38.